The van der Waals surface area contributed by atoms with Crippen molar-refractivity contribution >= 4 is 11.5 Å². The van der Waals surface area contributed by atoms with Crippen molar-refractivity contribution in [2.75, 3.05) is 11.9 Å². The Labute approximate surface area is 253 Å². The average molecular weight is 598 g/mol. The Morgan fingerprint density at radius 2 is 1.93 bits per heavy atom. The Kier molecular flexibility index (Phi) is 7.46. The number of carbonyl (C=O) groups excluding carboxylic acids is 1. The van der Waals surface area contributed by atoms with Crippen molar-refractivity contribution in [2.45, 2.75) is 109 Å². The standard InChI is InChI=1S/C35H45F2NO5/c1-7-8-31-42-30-17-24-25-16-27(36)26-15-21(4)13-14-32(26,5)34(25,37)28(39)18-33(24,6)35(30,43-31)29(40)19-41-23-11-9-22(10-12-23)38-20(2)3/h9-15,20,24-25,27-28,30-31,38-39H,4,7-8,16-19H2,1-3,5-6H3/t24-,25-,27-,28-,30+,31+,32-,33-,34-,35+/m0/s1. The number of hydrogen-bond donors (Lipinski definition) is 2. The van der Waals surface area contributed by atoms with Crippen LogP contribution in [0, 0.1) is 22.7 Å². The second kappa shape index (κ2) is 10.5. The number of aliphatic hydroxyl groups excluding tert-OH is 1. The van der Waals surface area contributed by atoms with Crippen molar-refractivity contribution < 1.29 is 32.9 Å². The highest BCUT2D eigenvalue weighted by atomic mass is 19.1. The number of Topliss-reactive ketones (excluding diaryl/α,β-unsaturated/α-hetero) is 1. The van der Waals surface area contributed by atoms with Crippen LogP contribution in [0.1, 0.15) is 66.7 Å². The predicted octanol–water partition coefficient (Wildman–Crippen LogP) is 6.65. The zero-order valence-corrected chi connectivity index (χ0v) is 25.9. The van der Waals surface area contributed by atoms with E-state index >= 15 is 8.78 Å². The lowest BCUT2D eigenvalue weighted by atomic mass is 9.44. The average Bonchev–Trinajstić information content (AvgIpc) is 3.43. The summed E-state index contributed by atoms with van der Waals surface area (Å²) < 4.78 is 52.6. The molecule has 4 fully saturated rings. The van der Waals surface area contributed by atoms with Crippen LogP contribution in [0.15, 0.2) is 60.2 Å². The Hall–Kier alpha value is -2.55. The van der Waals surface area contributed by atoms with Gasteiger partial charge in [0.25, 0.3) is 0 Å². The molecule has 6 rings (SSSR count). The third-order valence-electron chi connectivity index (χ3n) is 11.1. The summed E-state index contributed by atoms with van der Waals surface area (Å²) >= 11 is 0. The van der Waals surface area contributed by atoms with Gasteiger partial charge in [-0.2, -0.15) is 0 Å². The molecular formula is C35H45F2NO5. The third kappa shape index (κ3) is 4.30. The van der Waals surface area contributed by atoms with Crippen molar-refractivity contribution in [1.29, 1.82) is 0 Å². The summed E-state index contributed by atoms with van der Waals surface area (Å²) in [6.45, 7) is 13.4. The van der Waals surface area contributed by atoms with Crippen LogP contribution in [0.3, 0.4) is 0 Å². The van der Waals surface area contributed by atoms with Crippen LogP contribution >= 0.6 is 0 Å². The van der Waals surface area contributed by atoms with Crippen LogP contribution in [0.2, 0.25) is 0 Å². The van der Waals surface area contributed by atoms with Gasteiger partial charge in [-0.1, -0.05) is 45.1 Å². The van der Waals surface area contributed by atoms with Gasteiger partial charge >= 0.3 is 0 Å². The van der Waals surface area contributed by atoms with E-state index in [1.165, 1.54) is 0 Å². The first-order valence-corrected chi connectivity index (χ1v) is 15.8. The molecule has 1 heterocycles. The molecule has 10 atom stereocenters. The van der Waals surface area contributed by atoms with E-state index in [0.29, 0.717) is 29.7 Å². The fourth-order valence-electron chi connectivity index (χ4n) is 9.19. The highest BCUT2D eigenvalue weighted by Crippen LogP contribution is 2.72. The molecule has 8 heteroatoms. The number of anilines is 1. The van der Waals surface area contributed by atoms with Gasteiger partial charge in [-0.15, -0.1) is 0 Å². The molecule has 4 aliphatic carbocycles. The van der Waals surface area contributed by atoms with Gasteiger partial charge in [-0.05, 0) is 87.8 Å². The number of hydrogen-bond acceptors (Lipinski definition) is 6. The molecule has 2 N–H and O–H groups in total. The summed E-state index contributed by atoms with van der Waals surface area (Å²) in [7, 11) is 0. The van der Waals surface area contributed by atoms with Gasteiger partial charge in [0, 0.05) is 28.5 Å². The lowest BCUT2D eigenvalue weighted by Crippen LogP contribution is -2.70. The van der Waals surface area contributed by atoms with Gasteiger partial charge in [0.2, 0.25) is 5.78 Å². The lowest BCUT2D eigenvalue weighted by molar-refractivity contribution is -0.234. The highest BCUT2D eigenvalue weighted by molar-refractivity contribution is 5.91. The van der Waals surface area contributed by atoms with Crippen molar-refractivity contribution in [2.24, 2.45) is 22.7 Å². The topological polar surface area (TPSA) is 77.0 Å². The van der Waals surface area contributed by atoms with Gasteiger partial charge in [-0.25, -0.2) is 8.78 Å². The van der Waals surface area contributed by atoms with Gasteiger partial charge in [-0.3, -0.25) is 4.79 Å². The molecule has 1 aliphatic heterocycles. The number of benzene rings is 1. The minimum atomic E-state index is -2.13. The summed E-state index contributed by atoms with van der Waals surface area (Å²) in [5, 5.41) is 15.1. The Morgan fingerprint density at radius 3 is 2.60 bits per heavy atom. The number of allylic oxidation sites excluding steroid dienone is 5. The minimum Gasteiger partial charge on any atom is -0.486 e. The molecule has 0 spiro atoms. The van der Waals surface area contributed by atoms with Gasteiger partial charge in [0.05, 0.1) is 12.2 Å². The summed E-state index contributed by atoms with van der Waals surface area (Å²) in [6, 6.07) is 7.68. The number of halogens is 2. The summed E-state index contributed by atoms with van der Waals surface area (Å²) in [5.41, 5.74) is -4.02. The van der Waals surface area contributed by atoms with Crippen LogP contribution in [0.5, 0.6) is 5.75 Å². The Balaban J connectivity index is 1.33. The van der Waals surface area contributed by atoms with Crippen molar-refractivity contribution in [3.8, 4) is 5.75 Å². The Morgan fingerprint density at radius 1 is 1.21 bits per heavy atom. The molecule has 0 bridgehead atoms. The maximum atomic E-state index is 17.7. The number of alkyl halides is 2. The third-order valence-corrected chi connectivity index (χ3v) is 11.1. The smallest absolute Gasteiger partial charge is 0.205 e. The quantitative estimate of drug-likeness (QED) is 0.350. The largest absolute Gasteiger partial charge is 0.486 e. The lowest BCUT2D eigenvalue weighted by Gasteiger charge is -2.63. The molecule has 43 heavy (non-hydrogen) atoms. The fourth-order valence-corrected chi connectivity index (χ4v) is 9.19. The first kappa shape index (κ1) is 30.5. The molecule has 0 radical (unpaired) electrons. The summed E-state index contributed by atoms with van der Waals surface area (Å²) in [6.07, 6.45) is 2.57. The molecule has 5 aliphatic rings. The van der Waals surface area contributed by atoms with E-state index in [2.05, 4.69) is 25.7 Å². The second-order valence-corrected chi connectivity index (χ2v) is 14.0. The molecule has 3 saturated carbocycles. The monoisotopic (exact) mass is 597 g/mol. The number of carbonyl (C=O) groups is 1. The maximum Gasteiger partial charge on any atom is 0.205 e. The predicted molar refractivity (Wildman–Crippen MR) is 161 cm³/mol. The number of aliphatic hydroxyl groups is 1. The number of ketones is 1. The molecule has 0 aromatic heterocycles. The molecule has 1 saturated heterocycles. The Bertz CT molecular complexity index is 1340. The van der Waals surface area contributed by atoms with E-state index in [1.807, 2.05) is 38.1 Å². The van der Waals surface area contributed by atoms with E-state index in [4.69, 9.17) is 14.2 Å². The van der Waals surface area contributed by atoms with Gasteiger partial charge in [0.15, 0.2) is 17.6 Å². The van der Waals surface area contributed by atoms with Crippen molar-refractivity contribution in [3.05, 3.63) is 60.2 Å². The van der Waals surface area contributed by atoms with E-state index in [9.17, 15) is 9.90 Å². The first-order chi connectivity index (χ1) is 20.3. The molecule has 1 aromatic rings. The highest BCUT2D eigenvalue weighted by Gasteiger charge is 2.80. The maximum absolute atomic E-state index is 17.7. The fraction of sp³-hybridized carbons (Fsp3) is 0.629. The van der Waals surface area contributed by atoms with Crippen LogP contribution in [0.4, 0.5) is 14.5 Å². The van der Waals surface area contributed by atoms with E-state index in [-0.39, 0.29) is 31.3 Å². The van der Waals surface area contributed by atoms with E-state index < -0.39 is 58.6 Å². The van der Waals surface area contributed by atoms with Crippen molar-refractivity contribution in [3.63, 3.8) is 0 Å². The zero-order chi connectivity index (χ0) is 30.9. The molecule has 6 nitrogen and oxygen atoms in total. The summed E-state index contributed by atoms with van der Waals surface area (Å²) in [5.74, 6) is -1.05. The van der Waals surface area contributed by atoms with E-state index in [1.54, 1.807) is 25.2 Å². The minimum absolute atomic E-state index is 0.0146. The number of ether oxygens (including phenoxy) is 3. The van der Waals surface area contributed by atoms with Crippen LogP contribution < -0.4 is 10.1 Å². The van der Waals surface area contributed by atoms with E-state index in [0.717, 1.165) is 12.1 Å². The number of fused-ring (bicyclic) bond motifs is 7. The first-order valence-electron chi connectivity index (χ1n) is 15.8. The molecule has 0 unspecified atom stereocenters. The SMILES string of the molecule is C=C1C=C[C@@]2(C)C(=C1)[C@@H](F)C[C@H]1[C@@H]3C[C@H]4O[C@@H](CCC)O[C@@]4(C(=O)COc4ccc(NC(C)C)cc4)[C@@]3(C)C[C@H](O)[C@@]12F. The zero-order valence-electron chi connectivity index (χ0n) is 25.9. The second-order valence-electron chi connectivity index (χ2n) is 14.0. The summed E-state index contributed by atoms with van der Waals surface area (Å²) in [4.78, 5) is 14.4. The molecule has 234 valence electrons. The number of rotatable bonds is 8. The number of nitrogens with one attached hydrogen (secondary N) is 1. The van der Waals surface area contributed by atoms with Gasteiger partial charge in [0.1, 0.15) is 18.5 Å². The van der Waals surface area contributed by atoms with Crippen LogP contribution in [-0.2, 0) is 14.3 Å². The molecule has 0 amide bonds. The van der Waals surface area contributed by atoms with Gasteiger partial charge < -0.3 is 24.6 Å². The van der Waals surface area contributed by atoms with Crippen LogP contribution in [0.25, 0.3) is 0 Å². The van der Waals surface area contributed by atoms with Crippen LogP contribution in [-0.4, -0.2) is 59.5 Å². The molecular weight excluding hydrogens is 552 g/mol. The molecule has 1 aromatic carbocycles. The normalized spacial score (nSPS) is 43.0. The van der Waals surface area contributed by atoms with Crippen molar-refractivity contribution in [1.82, 2.24) is 0 Å².